The largest absolute Gasteiger partial charge is 0.272 e. The summed E-state index contributed by atoms with van der Waals surface area (Å²) in [5.41, 5.74) is 2.04. The second kappa shape index (κ2) is 7.41. The number of hydrazone groups is 1. The van der Waals surface area contributed by atoms with E-state index in [0.717, 1.165) is 36.4 Å². The summed E-state index contributed by atoms with van der Waals surface area (Å²) in [5.74, 6) is 1.16. The summed E-state index contributed by atoms with van der Waals surface area (Å²) in [6.45, 7) is 2.73. The second-order valence-corrected chi connectivity index (χ2v) is 6.23. The van der Waals surface area contributed by atoms with Gasteiger partial charge >= 0.3 is 0 Å². The van der Waals surface area contributed by atoms with E-state index in [9.17, 15) is 4.79 Å². The van der Waals surface area contributed by atoms with E-state index in [2.05, 4.69) is 27.2 Å². The fourth-order valence-corrected chi connectivity index (χ4v) is 3.05. The molecule has 23 heavy (non-hydrogen) atoms. The molecule has 0 saturated carbocycles. The van der Waals surface area contributed by atoms with E-state index in [4.69, 9.17) is 0 Å². The monoisotopic (exact) mass is 329 g/mol. The topological polar surface area (TPSA) is 74.2 Å². The molecular weight excluding hydrogens is 310 g/mol. The predicted octanol–water partition coefficient (Wildman–Crippen LogP) is 2.49. The Labute approximate surface area is 139 Å². The van der Waals surface area contributed by atoms with E-state index in [1.807, 2.05) is 30.3 Å². The zero-order valence-electron chi connectivity index (χ0n) is 13.0. The molecule has 120 valence electrons. The molecule has 1 N–H and O–H groups in total. The minimum Gasteiger partial charge on any atom is -0.272 e. The molecule has 2 aromatic rings. The zero-order chi connectivity index (χ0) is 16.1. The van der Waals surface area contributed by atoms with Crippen LogP contribution in [0.1, 0.15) is 31.2 Å². The van der Waals surface area contributed by atoms with Gasteiger partial charge in [-0.15, -0.1) is 5.10 Å². The molecule has 0 saturated heterocycles. The van der Waals surface area contributed by atoms with Crippen LogP contribution in [0.15, 0.2) is 40.6 Å². The molecule has 0 atom stereocenters. The van der Waals surface area contributed by atoms with Gasteiger partial charge in [0.2, 0.25) is 5.16 Å². The Hall–Kier alpha value is -2.15. The summed E-state index contributed by atoms with van der Waals surface area (Å²) in [5, 5.41) is 13.6. The first-order valence-corrected chi connectivity index (χ1v) is 8.72. The van der Waals surface area contributed by atoms with Gasteiger partial charge in [0.15, 0.2) is 0 Å². The first-order chi connectivity index (χ1) is 11.3. The quantitative estimate of drug-likeness (QED) is 0.826. The van der Waals surface area contributed by atoms with Gasteiger partial charge in [0.1, 0.15) is 5.82 Å². The van der Waals surface area contributed by atoms with Crippen LogP contribution < -0.4 is 0 Å². The molecule has 1 aliphatic heterocycles. The van der Waals surface area contributed by atoms with Gasteiger partial charge < -0.3 is 0 Å². The molecule has 2 heterocycles. The molecule has 0 spiro atoms. The van der Waals surface area contributed by atoms with Crippen LogP contribution in [0.3, 0.4) is 0 Å². The number of thioether (sulfide) groups is 1. The summed E-state index contributed by atoms with van der Waals surface area (Å²) in [7, 11) is 0. The molecule has 0 fully saturated rings. The maximum absolute atomic E-state index is 12.3. The minimum absolute atomic E-state index is 0.0113. The Morgan fingerprint density at radius 2 is 2.17 bits per heavy atom. The Morgan fingerprint density at radius 3 is 2.96 bits per heavy atom. The number of H-pyrrole nitrogens is 1. The molecular formula is C16H19N5OS. The summed E-state index contributed by atoms with van der Waals surface area (Å²) < 4.78 is 0. The third kappa shape index (κ3) is 3.98. The molecule has 7 heteroatoms. The van der Waals surface area contributed by atoms with Crippen molar-refractivity contribution in [1.29, 1.82) is 0 Å². The van der Waals surface area contributed by atoms with Gasteiger partial charge in [0, 0.05) is 12.8 Å². The van der Waals surface area contributed by atoms with E-state index in [-0.39, 0.29) is 5.91 Å². The van der Waals surface area contributed by atoms with Crippen molar-refractivity contribution in [1.82, 2.24) is 20.2 Å². The maximum atomic E-state index is 12.3. The lowest BCUT2D eigenvalue weighted by Crippen LogP contribution is -2.25. The Balaban J connectivity index is 1.55. The molecule has 1 aromatic carbocycles. The van der Waals surface area contributed by atoms with E-state index in [0.29, 0.717) is 17.5 Å². The third-order valence-electron chi connectivity index (χ3n) is 3.52. The van der Waals surface area contributed by atoms with Gasteiger partial charge in [-0.25, -0.2) is 9.99 Å². The summed E-state index contributed by atoms with van der Waals surface area (Å²) >= 11 is 1.35. The number of amides is 1. The van der Waals surface area contributed by atoms with Crippen LogP contribution in [0.25, 0.3) is 0 Å². The summed E-state index contributed by atoms with van der Waals surface area (Å²) in [6.07, 6.45) is 2.68. The van der Waals surface area contributed by atoms with Crippen LogP contribution >= 0.6 is 11.8 Å². The molecule has 0 radical (unpaired) electrons. The number of nitrogens with zero attached hydrogens (tertiary/aromatic N) is 4. The van der Waals surface area contributed by atoms with Gasteiger partial charge in [-0.1, -0.05) is 49.0 Å². The lowest BCUT2D eigenvalue weighted by molar-refractivity contribution is -0.127. The van der Waals surface area contributed by atoms with Crippen molar-refractivity contribution in [3.63, 3.8) is 0 Å². The molecule has 1 amide bonds. The SMILES string of the molecule is CCCc1nc(SCC(=O)N2CCC(c3ccccc3)=N2)n[nH]1. The average molecular weight is 329 g/mol. The highest BCUT2D eigenvalue weighted by Gasteiger charge is 2.21. The Morgan fingerprint density at radius 1 is 1.35 bits per heavy atom. The van der Waals surface area contributed by atoms with Crippen molar-refractivity contribution < 1.29 is 4.79 Å². The van der Waals surface area contributed by atoms with Gasteiger partial charge in [-0.2, -0.15) is 5.10 Å². The smallest absolute Gasteiger partial charge is 0.253 e. The summed E-state index contributed by atoms with van der Waals surface area (Å²) in [4.78, 5) is 16.6. The van der Waals surface area contributed by atoms with Crippen molar-refractivity contribution in [3.8, 4) is 0 Å². The van der Waals surface area contributed by atoms with E-state index < -0.39 is 0 Å². The highest BCUT2D eigenvalue weighted by atomic mass is 32.2. The fourth-order valence-electron chi connectivity index (χ4n) is 2.36. The zero-order valence-corrected chi connectivity index (χ0v) is 13.8. The maximum Gasteiger partial charge on any atom is 0.253 e. The number of aryl methyl sites for hydroxylation is 1. The van der Waals surface area contributed by atoms with Crippen LogP contribution in [-0.2, 0) is 11.2 Å². The summed E-state index contributed by atoms with van der Waals surface area (Å²) in [6, 6.07) is 9.97. The van der Waals surface area contributed by atoms with Crippen LogP contribution in [0.5, 0.6) is 0 Å². The standard InChI is InChI=1S/C16H19N5OS/c1-2-6-14-17-16(19-18-14)23-11-15(22)21-10-9-13(20-21)12-7-4-3-5-8-12/h3-5,7-8H,2,6,9-11H2,1H3,(H,17,18,19). The lowest BCUT2D eigenvalue weighted by Gasteiger charge is -2.09. The Kier molecular flexibility index (Phi) is 5.07. The van der Waals surface area contributed by atoms with Gasteiger partial charge in [-0.3, -0.25) is 9.89 Å². The fraction of sp³-hybridized carbons (Fsp3) is 0.375. The number of aromatic nitrogens is 3. The van der Waals surface area contributed by atoms with Crippen molar-refractivity contribution in [2.24, 2.45) is 5.10 Å². The molecule has 0 unspecified atom stereocenters. The van der Waals surface area contributed by atoms with Gasteiger partial charge in [0.25, 0.3) is 5.91 Å². The molecule has 1 aromatic heterocycles. The van der Waals surface area contributed by atoms with E-state index in [1.165, 1.54) is 11.8 Å². The molecule has 3 rings (SSSR count). The highest BCUT2D eigenvalue weighted by Crippen LogP contribution is 2.17. The first kappa shape index (κ1) is 15.7. The highest BCUT2D eigenvalue weighted by molar-refractivity contribution is 7.99. The Bertz CT molecular complexity index is 698. The minimum atomic E-state index is -0.0113. The number of carbonyl (C=O) groups is 1. The van der Waals surface area contributed by atoms with E-state index in [1.54, 1.807) is 5.01 Å². The van der Waals surface area contributed by atoms with Crippen molar-refractivity contribution in [2.75, 3.05) is 12.3 Å². The van der Waals surface area contributed by atoms with Crippen LogP contribution in [0, 0.1) is 0 Å². The number of carbonyl (C=O) groups excluding carboxylic acids is 1. The molecule has 0 aliphatic carbocycles. The average Bonchev–Trinajstić information content (AvgIpc) is 3.23. The number of aromatic amines is 1. The van der Waals surface area contributed by atoms with Crippen molar-refractivity contribution >= 4 is 23.4 Å². The van der Waals surface area contributed by atoms with Gasteiger partial charge in [-0.05, 0) is 12.0 Å². The molecule has 6 nitrogen and oxygen atoms in total. The lowest BCUT2D eigenvalue weighted by atomic mass is 10.1. The van der Waals surface area contributed by atoms with Crippen LogP contribution in [0.2, 0.25) is 0 Å². The number of nitrogens with one attached hydrogen (secondary N) is 1. The normalized spacial score (nSPS) is 14.1. The second-order valence-electron chi connectivity index (χ2n) is 5.28. The van der Waals surface area contributed by atoms with Crippen LogP contribution in [0.4, 0.5) is 0 Å². The van der Waals surface area contributed by atoms with Crippen molar-refractivity contribution in [3.05, 3.63) is 41.7 Å². The first-order valence-electron chi connectivity index (χ1n) is 7.73. The van der Waals surface area contributed by atoms with Gasteiger partial charge in [0.05, 0.1) is 18.0 Å². The van der Waals surface area contributed by atoms with E-state index >= 15 is 0 Å². The molecule has 0 bridgehead atoms. The molecule has 1 aliphatic rings. The number of benzene rings is 1. The number of rotatable bonds is 6. The number of hydrogen-bond acceptors (Lipinski definition) is 5. The number of hydrogen-bond donors (Lipinski definition) is 1. The van der Waals surface area contributed by atoms with Crippen molar-refractivity contribution in [2.45, 2.75) is 31.3 Å². The van der Waals surface area contributed by atoms with Crippen LogP contribution in [-0.4, -0.2) is 44.1 Å². The third-order valence-corrected chi connectivity index (χ3v) is 4.35. The predicted molar refractivity (Wildman–Crippen MR) is 90.4 cm³/mol.